The number of fused-ring (bicyclic) bond motifs is 5. The quantitative estimate of drug-likeness (QED) is 0.122. The van der Waals surface area contributed by atoms with Gasteiger partial charge in [-0.25, -0.2) is 33.3 Å². The number of benzene rings is 1. The van der Waals surface area contributed by atoms with Crippen molar-refractivity contribution in [2.75, 3.05) is 32.6 Å². The first-order valence-corrected chi connectivity index (χ1v) is 22.3. The fourth-order valence-corrected chi connectivity index (χ4v) is 9.74. The van der Waals surface area contributed by atoms with Crippen LogP contribution in [0.2, 0.25) is 0 Å². The van der Waals surface area contributed by atoms with Crippen molar-refractivity contribution in [3.05, 3.63) is 76.7 Å². The van der Waals surface area contributed by atoms with Crippen molar-refractivity contribution in [1.82, 2.24) is 39.0 Å². The normalized spacial score (nSPS) is 32.2. The van der Waals surface area contributed by atoms with E-state index in [1.807, 2.05) is 31.1 Å². The number of ether oxygens (including phenoxy) is 2. The first kappa shape index (κ1) is 40.2. The second-order valence-corrected chi connectivity index (χ2v) is 19.1. The lowest BCUT2D eigenvalue weighted by atomic mass is 10.1. The molecule has 4 aromatic heterocycles. The van der Waals surface area contributed by atoms with E-state index >= 15 is 4.39 Å². The van der Waals surface area contributed by atoms with E-state index in [1.54, 1.807) is 12.1 Å². The minimum absolute atomic E-state index is 0.0286. The maximum Gasteiger partial charge on any atom is 0.386 e. The smallest absolute Gasteiger partial charge is 0.386 e. The molecule has 0 spiro atoms. The Morgan fingerprint density at radius 2 is 1.82 bits per heavy atom. The van der Waals surface area contributed by atoms with Crippen LogP contribution < -0.4 is 10.9 Å². The first-order valence-electron chi connectivity index (χ1n) is 17.0. The molecule has 304 valence electrons. The fourth-order valence-electron chi connectivity index (χ4n) is 6.84. The van der Waals surface area contributed by atoms with Gasteiger partial charge in [-0.15, -0.1) is 0 Å². The molecule has 0 radical (unpaired) electrons. The zero-order valence-corrected chi connectivity index (χ0v) is 33.1. The van der Waals surface area contributed by atoms with E-state index in [9.17, 15) is 28.5 Å². The Morgan fingerprint density at radius 1 is 1.07 bits per heavy atom. The second kappa shape index (κ2) is 15.5. The highest BCUT2D eigenvalue weighted by molar-refractivity contribution is 8.44. The maximum absolute atomic E-state index is 16.5. The molecule has 3 fully saturated rings. The van der Waals surface area contributed by atoms with E-state index in [0.717, 1.165) is 29.0 Å². The monoisotopic (exact) mass is 871 g/mol. The number of aliphatic hydroxyl groups is 1. The van der Waals surface area contributed by atoms with Crippen molar-refractivity contribution in [3.8, 4) is 0 Å². The summed E-state index contributed by atoms with van der Waals surface area (Å²) in [7, 11) is 3.74. The van der Waals surface area contributed by atoms with Gasteiger partial charge in [0.1, 0.15) is 42.2 Å². The van der Waals surface area contributed by atoms with Gasteiger partial charge in [-0.2, -0.15) is 0 Å². The molecular weight excluding hydrogens is 838 g/mol. The zero-order chi connectivity index (χ0) is 40.4. The maximum atomic E-state index is 16.5. The van der Waals surface area contributed by atoms with Crippen molar-refractivity contribution < 1.29 is 55.7 Å². The Morgan fingerprint density at radius 3 is 2.61 bits per heavy atom. The number of aliphatic hydroxyl groups excluding tert-OH is 1. The van der Waals surface area contributed by atoms with Crippen molar-refractivity contribution in [2.24, 2.45) is 0 Å². The number of aromatic amines is 1. The highest BCUT2D eigenvalue weighted by Crippen LogP contribution is 2.58. The molecule has 1 amide bonds. The van der Waals surface area contributed by atoms with Crippen LogP contribution in [0.1, 0.15) is 28.4 Å². The predicted octanol–water partition coefficient (Wildman–Crippen LogP) is 2.58. The highest BCUT2D eigenvalue weighted by atomic mass is 32.7. The molecular formula is C31H33F2N9O11P2S2. The van der Waals surface area contributed by atoms with Gasteiger partial charge >= 0.3 is 13.5 Å². The van der Waals surface area contributed by atoms with Crippen molar-refractivity contribution in [1.29, 1.82) is 0 Å². The van der Waals surface area contributed by atoms with Gasteiger partial charge in [0.05, 0.1) is 25.9 Å². The molecule has 0 aliphatic carbocycles. The summed E-state index contributed by atoms with van der Waals surface area (Å²) >= 11 is 9.29. The van der Waals surface area contributed by atoms with Crippen molar-refractivity contribution in [3.63, 3.8) is 0 Å². The number of anilines is 1. The summed E-state index contributed by atoms with van der Waals surface area (Å²) in [5, 5.41) is 13.5. The summed E-state index contributed by atoms with van der Waals surface area (Å²) in [6.45, 7) is -9.84. The Bertz CT molecular complexity index is 2510. The van der Waals surface area contributed by atoms with E-state index in [4.69, 9.17) is 39.4 Å². The molecule has 26 heteroatoms. The number of amides is 1. The third-order valence-electron chi connectivity index (χ3n) is 9.35. The number of imidazole rings is 1. The first-order chi connectivity index (χ1) is 27.1. The molecule has 8 rings (SSSR count). The molecule has 3 aliphatic rings. The minimum Gasteiger partial charge on any atom is -0.387 e. The highest BCUT2D eigenvalue weighted by Gasteiger charge is 2.53. The Balaban J connectivity index is 1.06. The van der Waals surface area contributed by atoms with E-state index in [0.29, 0.717) is 12.1 Å². The summed E-state index contributed by atoms with van der Waals surface area (Å²) in [5.74, 6) is -1.41. The summed E-state index contributed by atoms with van der Waals surface area (Å²) in [6, 6.07) is 7.04. The zero-order valence-electron chi connectivity index (χ0n) is 29.6. The lowest BCUT2D eigenvalue weighted by Crippen LogP contribution is -2.35. The SMILES string of the molecule is CN(C)Cc1ccccc1C(=O)Nc1ncnc2c1ncn2[C@@H]1O[C@@H]2COP(O)(=S)O[C@H]3C(n4cc(F)c5c(=O)[nH]cnc54)O[C@H](COP(=O)(S)O[C@H]2[C@H]1F)[C@H]3O. The van der Waals surface area contributed by atoms with Gasteiger partial charge in [0.15, 0.2) is 47.1 Å². The van der Waals surface area contributed by atoms with E-state index in [-0.39, 0.29) is 22.6 Å². The molecule has 10 atom stereocenters. The number of H-pyrrole nitrogens is 1. The minimum atomic E-state index is -4.52. The molecule has 57 heavy (non-hydrogen) atoms. The number of rotatable bonds is 6. The topological polar surface area (TPSA) is 240 Å². The number of alkyl halides is 1. The van der Waals surface area contributed by atoms with Crippen LogP contribution in [0, 0.1) is 5.82 Å². The van der Waals surface area contributed by atoms with Crippen LogP contribution in [-0.2, 0) is 50.5 Å². The second-order valence-electron chi connectivity index (χ2n) is 13.4. The summed E-state index contributed by atoms with van der Waals surface area (Å²) < 4.78 is 81.6. The molecule has 5 aromatic rings. The van der Waals surface area contributed by atoms with E-state index < -0.39 is 98.5 Å². The van der Waals surface area contributed by atoms with Crippen molar-refractivity contribution in [2.45, 2.75) is 55.7 Å². The van der Waals surface area contributed by atoms with Crippen LogP contribution >= 0.6 is 25.8 Å². The number of nitrogens with one attached hydrogen (secondary N) is 2. The molecule has 4 N–H and O–H groups in total. The molecule has 3 saturated heterocycles. The standard InChI is InChI=1S/C31H33F2N9O11P2S2/c1-40(2)7-14-5-3-4-6-15(14)28(44)39-25-21-27(36-11-34-25)42(13-38-21)30-20(33)23-18(51-30)10-49-55(47,57)53-24-22(43)17(9-48-54(46,56)52-23)50-31(24)41-8-16(32)19-26(41)35-12-37-29(19)45/h3-6,8,11-13,17-18,20,22-24,30-31,43H,7,9-10H2,1-2H3,(H,46,56)(H,47,57)(H,35,37,45)(H,34,36,39,44)/t17-,18-,20-,22-,23-,24-,30-,31?,54?,55?/m1/s1. The largest absolute Gasteiger partial charge is 0.387 e. The van der Waals surface area contributed by atoms with Gasteiger partial charge < -0.3 is 43.8 Å². The molecule has 2 bridgehead atoms. The molecule has 20 nitrogen and oxygen atoms in total. The Labute approximate surface area is 330 Å². The number of thiol groups is 1. The molecule has 7 heterocycles. The van der Waals surface area contributed by atoms with Gasteiger partial charge in [0, 0.05) is 18.3 Å². The van der Waals surface area contributed by atoms with Gasteiger partial charge in [-0.05, 0) is 37.5 Å². The summed E-state index contributed by atoms with van der Waals surface area (Å²) in [4.78, 5) is 57.9. The Hall–Kier alpha value is -3.61. The molecule has 0 saturated carbocycles. The van der Waals surface area contributed by atoms with Crippen LogP contribution in [0.15, 0.2) is 54.2 Å². The van der Waals surface area contributed by atoms with Crippen molar-refractivity contribution >= 4 is 71.5 Å². The third-order valence-corrected chi connectivity index (χ3v) is 12.5. The van der Waals surface area contributed by atoms with E-state index in [1.165, 1.54) is 10.9 Å². The summed E-state index contributed by atoms with van der Waals surface area (Å²) in [6.07, 6.45) is -8.79. The summed E-state index contributed by atoms with van der Waals surface area (Å²) in [5.41, 5.74) is 0.312. The average Bonchev–Trinajstić information content (AvgIpc) is 3.89. The number of nitrogens with zero attached hydrogens (tertiary/aromatic N) is 7. The molecule has 1 aromatic carbocycles. The third kappa shape index (κ3) is 7.82. The molecule has 3 aliphatic heterocycles. The number of carbonyl (C=O) groups excluding carboxylic acids is 1. The van der Waals surface area contributed by atoms with Crippen LogP contribution in [0.3, 0.4) is 0 Å². The lowest BCUT2D eigenvalue weighted by Gasteiger charge is -2.27. The number of carbonyl (C=O) groups is 1. The van der Waals surface area contributed by atoms with E-state index in [2.05, 4.69) is 42.5 Å². The van der Waals surface area contributed by atoms with Crippen LogP contribution in [-0.4, -0.2) is 119 Å². The number of aromatic nitrogens is 7. The molecule has 3 unspecified atom stereocenters. The predicted molar refractivity (Wildman–Crippen MR) is 201 cm³/mol. The average molecular weight is 872 g/mol. The van der Waals surface area contributed by atoms with Crippen LogP contribution in [0.4, 0.5) is 14.6 Å². The van der Waals surface area contributed by atoms with Gasteiger partial charge in [0.25, 0.3) is 11.5 Å². The van der Waals surface area contributed by atoms with Gasteiger partial charge in [-0.1, -0.05) is 30.4 Å². The number of hydrogen-bond donors (Lipinski definition) is 5. The Kier molecular flexibility index (Phi) is 10.9. The fraction of sp³-hybridized carbons (Fsp3) is 0.419. The van der Waals surface area contributed by atoms with Gasteiger partial charge in [0.2, 0.25) is 0 Å². The van der Waals surface area contributed by atoms with Gasteiger partial charge in [-0.3, -0.25) is 27.7 Å². The number of hydrogen-bond acceptors (Lipinski definition) is 16. The number of halogens is 2. The van der Waals surface area contributed by atoms with Crippen LogP contribution in [0.5, 0.6) is 0 Å². The van der Waals surface area contributed by atoms with Crippen LogP contribution in [0.25, 0.3) is 22.2 Å². The lowest BCUT2D eigenvalue weighted by molar-refractivity contribution is -0.0586.